The van der Waals surface area contributed by atoms with Crippen molar-refractivity contribution in [3.05, 3.63) is 59.6 Å². The summed E-state index contributed by atoms with van der Waals surface area (Å²) in [5, 5.41) is 26.0. The molecule has 1 aliphatic heterocycles. The molecule has 4 aromatic rings. The maximum atomic E-state index is 14.3. The van der Waals surface area contributed by atoms with Crippen LogP contribution in [0.1, 0.15) is 54.8 Å². The average molecular weight is 577 g/mol. The van der Waals surface area contributed by atoms with Crippen LogP contribution in [0.2, 0.25) is 0 Å². The first-order chi connectivity index (χ1) is 18.7. The Morgan fingerprint density at radius 3 is 2.58 bits per heavy atom. The van der Waals surface area contributed by atoms with Crippen LogP contribution in [0.15, 0.2) is 36.8 Å². The summed E-state index contributed by atoms with van der Waals surface area (Å²) in [7, 11) is 0. The van der Waals surface area contributed by atoms with Gasteiger partial charge in [-0.15, -0.1) is 17.5 Å². The van der Waals surface area contributed by atoms with Crippen molar-refractivity contribution in [1.82, 2.24) is 34.9 Å². The number of aromatic nitrogens is 6. The maximum Gasteiger partial charge on any atom is 0.398 e. The molecule has 0 radical (unpaired) electrons. The fraction of sp³-hybridized carbons (Fsp3) is 0.423. The minimum atomic E-state index is -4.59. The molecule has 0 bridgehead atoms. The molecule has 2 aliphatic rings. The smallest absolute Gasteiger partial charge is 0.398 e. The molecule has 1 saturated carbocycles. The summed E-state index contributed by atoms with van der Waals surface area (Å²) in [6.07, 6.45) is -0.845. The Balaban J connectivity index is 0.00000323. The third-order valence-corrected chi connectivity index (χ3v) is 7.67. The highest BCUT2D eigenvalue weighted by atomic mass is 35.5. The molecular weight excluding hydrogens is 552 g/mol. The van der Waals surface area contributed by atoms with E-state index < -0.39 is 23.5 Å². The van der Waals surface area contributed by atoms with Gasteiger partial charge in [0.25, 0.3) is 0 Å². The van der Waals surface area contributed by atoms with Crippen molar-refractivity contribution in [2.75, 3.05) is 13.1 Å². The number of rotatable bonds is 6. The van der Waals surface area contributed by atoms with E-state index in [1.807, 2.05) is 17.7 Å². The Morgan fingerprint density at radius 1 is 1.20 bits per heavy atom. The number of nitrogens with one attached hydrogen (secondary N) is 1. The monoisotopic (exact) mass is 576 g/mol. The number of piperidine rings is 1. The summed E-state index contributed by atoms with van der Waals surface area (Å²) in [4.78, 5) is 3.94. The second-order valence-electron chi connectivity index (χ2n) is 10.1. The van der Waals surface area contributed by atoms with E-state index in [0.29, 0.717) is 11.3 Å². The van der Waals surface area contributed by atoms with Gasteiger partial charge in [-0.05, 0) is 63.9 Å². The van der Waals surface area contributed by atoms with Crippen molar-refractivity contribution in [3.8, 4) is 23.1 Å². The molecule has 1 saturated heterocycles. The van der Waals surface area contributed by atoms with E-state index >= 15 is 0 Å². The molecule has 40 heavy (non-hydrogen) atoms. The second-order valence-corrected chi connectivity index (χ2v) is 10.1. The first kappa shape index (κ1) is 27.8. The lowest BCUT2D eigenvalue weighted by atomic mass is 9.94. The molecule has 6 rings (SSSR count). The summed E-state index contributed by atoms with van der Waals surface area (Å²) in [5.74, 6) is -0.655. The first-order valence-corrected chi connectivity index (χ1v) is 12.6. The number of hydrogen-bond acceptors (Lipinski definition) is 7. The first-order valence-electron chi connectivity index (χ1n) is 12.6. The lowest BCUT2D eigenvalue weighted by molar-refractivity contribution is -0.212. The third kappa shape index (κ3) is 4.65. The molecule has 14 heteroatoms. The molecule has 1 N–H and O–H groups in total. The Bertz CT molecular complexity index is 1570. The van der Waals surface area contributed by atoms with Crippen molar-refractivity contribution in [1.29, 1.82) is 5.26 Å². The van der Waals surface area contributed by atoms with Crippen LogP contribution >= 0.6 is 12.4 Å². The van der Waals surface area contributed by atoms with Crippen LogP contribution in [-0.2, 0) is 0 Å². The highest BCUT2D eigenvalue weighted by molar-refractivity contribution is 5.85. The number of ether oxygens (including phenoxy) is 1. The van der Waals surface area contributed by atoms with Gasteiger partial charge in [0.1, 0.15) is 39.8 Å². The standard InChI is InChI=1S/C26H24F4N8O.ClH/c1-15-22(35-36-38(15)19-4-8-32-9-5-19)16-10-21(23-17(11-31)12-34-37(23)14-16)39-24(20-3-2-18(27)13-33-20)25(6-7-25)26(28,29)30;/h2-3,10,12-14,19,24,32H,4-9H2,1H3;1H. The van der Waals surface area contributed by atoms with Crippen molar-refractivity contribution in [2.24, 2.45) is 5.41 Å². The van der Waals surface area contributed by atoms with E-state index in [9.17, 15) is 22.8 Å². The van der Waals surface area contributed by atoms with Gasteiger partial charge in [0.05, 0.1) is 29.8 Å². The van der Waals surface area contributed by atoms with Gasteiger partial charge in [0.15, 0.2) is 6.10 Å². The predicted octanol–water partition coefficient (Wildman–Crippen LogP) is 5.12. The summed E-state index contributed by atoms with van der Waals surface area (Å²) in [6, 6.07) is 6.01. The van der Waals surface area contributed by atoms with E-state index in [1.54, 1.807) is 12.3 Å². The van der Waals surface area contributed by atoms with Crippen molar-refractivity contribution < 1.29 is 22.3 Å². The zero-order chi connectivity index (χ0) is 27.4. The summed E-state index contributed by atoms with van der Waals surface area (Å²) < 4.78 is 66.0. The van der Waals surface area contributed by atoms with Crippen LogP contribution in [0, 0.1) is 29.5 Å². The van der Waals surface area contributed by atoms with Gasteiger partial charge in [0.2, 0.25) is 0 Å². The number of nitrogens with zero attached hydrogens (tertiary/aromatic N) is 7. The van der Waals surface area contributed by atoms with Crippen LogP contribution in [-0.4, -0.2) is 48.9 Å². The minimum Gasteiger partial charge on any atom is -0.481 e. The molecule has 0 amide bonds. The molecule has 4 aromatic heterocycles. The summed E-state index contributed by atoms with van der Waals surface area (Å²) in [5.41, 5.74) is -0.0466. The van der Waals surface area contributed by atoms with Gasteiger partial charge in [0, 0.05) is 11.8 Å². The lowest BCUT2D eigenvalue weighted by Crippen LogP contribution is -2.34. The predicted molar refractivity (Wildman–Crippen MR) is 137 cm³/mol. The fourth-order valence-corrected chi connectivity index (χ4v) is 5.35. The Morgan fingerprint density at radius 2 is 1.95 bits per heavy atom. The zero-order valence-electron chi connectivity index (χ0n) is 21.3. The molecule has 9 nitrogen and oxygen atoms in total. The number of hydrogen-bond donors (Lipinski definition) is 1. The van der Waals surface area contributed by atoms with Crippen LogP contribution in [0.25, 0.3) is 16.8 Å². The molecule has 1 aliphatic carbocycles. The lowest BCUT2D eigenvalue weighted by Gasteiger charge is -2.29. The van der Waals surface area contributed by atoms with Crippen LogP contribution in [0.5, 0.6) is 5.75 Å². The average Bonchev–Trinajstić information content (AvgIpc) is 3.51. The number of fused-ring (bicyclic) bond motifs is 1. The van der Waals surface area contributed by atoms with Crippen molar-refractivity contribution in [3.63, 3.8) is 0 Å². The molecule has 0 spiro atoms. The van der Waals surface area contributed by atoms with Gasteiger partial charge in [-0.1, -0.05) is 5.21 Å². The normalized spacial score (nSPS) is 17.7. The molecule has 1 unspecified atom stereocenters. The van der Waals surface area contributed by atoms with Crippen LogP contribution < -0.4 is 10.1 Å². The highest BCUT2D eigenvalue weighted by Gasteiger charge is 2.69. The Kier molecular flexibility index (Phi) is 7.18. The Labute approximate surface area is 232 Å². The van der Waals surface area contributed by atoms with Gasteiger partial charge in [-0.2, -0.15) is 23.5 Å². The quantitative estimate of drug-likeness (QED) is 0.318. The topological polar surface area (TPSA) is 106 Å². The van der Waals surface area contributed by atoms with Crippen LogP contribution in [0.4, 0.5) is 17.6 Å². The number of alkyl halides is 3. The molecule has 210 valence electrons. The SMILES string of the molecule is Cc1c(-c2cc(OC(c3ccc(F)cn3)C3(C(F)(F)F)CC3)c3c(C#N)cnn3c2)nnn1C1CCNCC1.Cl. The zero-order valence-corrected chi connectivity index (χ0v) is 22.1. The highest BCUT2D eigenvalue weighted by Crippen LogP contribution is 2.65. The Hall–Kier alpha value is -3.76. The number of nitriles is 1. The largest absolute Gasteiger partial charge is 0.481 e. The van der Waals surface area contributed by atoms with E-state index in [-0.39, 0.29) is 53.8 Å². The third-order valence-electron chi connectivity index (χ3n) is 7.67. The molecule has 2 fully saturated rings. The van der Waals surface area contributed by atoms with Gasteiger partial charge in [-0.25, -0.2) is 13.6 Å². The fourth-order valence-electron chi connectivity index (χ4n) is 5.35. The van der Waals surface area contributed by atoms with Gasteiger partial charge in [-0.3, -0.25) is 4.98 Å². The minimum absolute atomic E-state index is 0. The van der Waals surface area contributed by atoms with E-state index in [2.05, 4.69) is 25.7 Å². The molecular formula is C26H25ClF4N8O. The van der Waals surface area contributed by atoms with Crippen molar-refractivity contribution in [2.45, 2.75) is 50.9 Å². The van der Waals surface area contributed by atoms with E-state index in [1.165, 1.54) is 16.8 Å². The van der Waals surface area contributed by atoms with Gasteiger partial charge >= 0.3 is 6.18 Å². The molecule has 5 heterocycles. The maximum absolute atomic E-state index is 14.3. The number of halogens is 5. The summed E-state index contributed by atoms with van der Waals surface area (Å²) >= 11 is 0. The molecule has 0 aromatic carbocycles. The van der Waals surface area contributed by atoms with E-state index in [0.717, 1.165) is 43.9 Å². The second kappa shape index (κ2) is 10.3. The van der Waals surface area contributed by atoms with Crippen LogP contribution in [0.3, 0.4) is 0 Å². The molecule has 1 atom stereocenters. The van der Waals surface area contributed by atoms with Gasteiger partial charge < -0.3 is 10.1 Å². The van der Waals surface area contributed by atoms with Crippen molar-refractivity contribution >= 4 is 17.9 Å². The number of pyridine rings is 2. The summed E-state index contributed by atoms with van der Waals surface area (Å²) in [6.45, 7) is 3.63. The van der Waals surface area contributed by atoms with E-state index in [4.69, 9.17) is 4.74 Å².